The first-order valence-electron chi connectivity index (χ1n) is 8.92. The zero-order valence-electron chi connectivity index (χ0n) is 15.4. The van der Waals surface area contributed by atoms with Gasteiger partial charge in [-0.1, -0.05) is 44.5 Å². The molecule has 0 saturated heterocycles. The third-order valence-corrected chi connectivity index (χ3v) is 5.80. The van der Waals surface area contributed by atoms with Gasteiger partial charge in [-0.05, 0) is 41.9 Å². The van der Waals surface area contributed by atoms with E-state index in [1.165, 1.54) is 0 Å². The van der Waals surface area contributed by atoms with Crippen LogP contribution in [0.3, 0.4) is 0 Å². The number of benzene rings is 1. The fourth-order valence-corrected chi connectivity index (χ4v) is 3.44. The Labute approximate surface area is 159 Å². The maximum absolute atomic E-state index is 9.34. The molecule has 1 aliphatic carbocycles. The summed E-state index contributed by atoms with van der Waals surface area (Å²) in [6.07, 6.45) is 3.48. The number of hydrogen-bond donors (Lipinski definition) is 2. The van der Waals surface area contributed by atoms with Crippen LogP contribution >= 0.6 is 11.6 Å². The molecule has 26 heavy (non-hydrogen) atoms. The maximum Gasteiger partial charge on any atom is 0.224 e. The van der Waals surface area contributed by atoms with E-state index in [1.54, 1.807) is 6.20 Å². The summed E-state index contributed by atoms with van der Waals surface area (Å²) in [4.78, 5) is 8.77. The second-order valence-electron chi connectivity index (χ2n) is 7.53. The normalized spacial score (nSPS) is 20.7. The molecule has 1 fully saturated rings. The lowest BCUT2D eigenvalue weighted by Crippen LogP contribution is -2.52. The molecule has 6 heteroatoms. The van der Waals surface area contributed by atoms with E-state index in [-0.39, 0.29) is 5.41 Å². The van der Waals surface area contributed by atoms with Gasteiger partial charge in [0.25, 0.3) is 0 Å². The molecule has 136 valence electrons. The van der Waals surface area contributed by atoms with Crippen LogP contribution in [0.25, 0.3) is 0 Å². The van der Waals surface area contributed by atoms with E-state index >= 15 is 0 Å². The van der Waals surface area contributed by atoms with Gasteiger partial charge in [0, 0.05) is 17.6 Å². The molecule has 1 aromatic carbocycles. The van der Waals surface area contributed by atoms with Crippen LogP contribution in [0, 0.1) is 22.7 Å². The van der Waals surface area contributed by atoms with Gasteiger partial charge in [0.05, 0.1) is 6.20 Å². The Morgan fingerprint density at radius 2 is 2.19 bits per heavy atom. The van der Waals surface area contributed by atoms with Gasteiger partial charge in [0.1, 0.15) is 17.5 Å². The minimum Gasteiger partial charge on any atom is -0.366 e. The number of halogens is 1. The molecule has 5 nitrogen and oxygen atoms in total. The Hall–Kier alpha value is -2.32. The first-order valence-corrected chi connectivity index (χ1v) is 9.30. The molecular weight excluding hydrogens is 346 g/mol. The number of aromatic nitrogens is 2. The van der Waals surface area contributed by atoms with Gasteiger partial charge in [-0.2, -0.15) is 10.2 Å². The van der Waals surface area contributed by atoms with Crippen LogP contribution in [0.2, 0.25) is 5.02 Å². The van der Waals surface area contributed by atoms with Crippen LogP contribution in [0.4, 0.5) is 11.8 Å². The summed E-state index contributed by atoms with van der Waals surface area (Å²) in [6.45, 7) is 7.44. The van der Waals surface area contributed by atoms with Crippen LogP contribution in [-0.4, -0.2) is 22.6 Å². The van der Waals surface area contributed by atoms with Crippen molar-refractivity contribution in [2.75, 3.05) is 17.2 Å². The number of rotatable bonds is 6. The molecule has 0 spiro atoms. The summed E-state index contributed by atoms with van der Waals surface area (Å²) in [6, 6.07) is 10.3. The number of nitrogens with zero attached hydrogens (tertiary/aromatic N) is 3. The predicted octanol–water partition coefficient (Wildman–Crippen LogP) is 4.50. The van der Waals surface area contributed by atoms with E-state index in [2.05, 4.69) is 47.4 Å². The van der Waals surface area contributed by atoms with Crippen molar-refractivity contribution in [3.05, 3.63) is 46.6 Å². The summed E-state index contributed by atoms with van der Waals surface area (Å²) in [5.74, 6) is 1.79. The van der Waals surface area contributed by atoms with Crippen LogP contribution in [-0.2, 0) is 6.42 Å². The van der Waals surface area contributed by atoms with Crippen molar-refractivity contribution in [2.45, 2.75) is 39.7 Å². The minimum atomic E-state index is 0.192. The third-order valence-electron chi connectivity index (χ3n) is 5.56. The monoisotopic (exact) mass is 369 g/mol. The van der Waals surface area contributed by atoms with Gasteiger partial charge in [0.2, 0.25) is 5.95 Å². The molecule has 2 aromatic rings. The zero-order valence-corrected chi connectivity index (χ0v) is 16.1. The Balaban J connectivity index is 1.65. The fourth-order valence-electron chi connectivity index (χ4n) is 3.22. The molecule has 1 aliphatic rings. The molecule has 0 aliphatic heterocycles. The summed E-state index contributed by atoms with van der Waals surface area (Å²) < 4.78 is 0. The van der Waals surface area contributed by atoms with E-state index in [4.69, 9.17) is 11.6 Å². The van der Waals surface area contributed by atoms with Gasteiger partial charge in [0.15, 0.2) is 0 Å². The molecule has 2 atom stereocenters. The predicted molar refractivity (Wildman–Crippen MR) is 105 cm³/mol. The number of nitriles is 1. The Morgan fingerprint density at radius 1 is 1.38 bits per heavy atom. The summed E-state index contributed by atoms with van der Waals surface area (Å²) >= 11 is 6.01. The number of nitrogens with one attached hydrogen (secondary N) is 2. The average Bonchev–Trinajstić information content (AvgIpc) is 2.62. The highest BCUT2D eigenvalue weighted by Gasteiger charge is 2.45. The summed E-state index contributed by atoms with van der Waals surface area (Å²) in [7, 11) is 0. The van der Waals surface area contributed by atoms with E-state index in [0.717, 1.165) is 23.4 Å². The first-order chi connectivity index (χ1) is 12.4. The van der Waals surface area contributed by atoms with Crippen molar-refractivity contribution in [1.29, 1.82) is 5.26 Å². The van der Waals surface area contributed by atoms with Gasteiger partial charge in [-0.15, -0.1) is 0 Å². The highest BCUT2D eigenvalue weighted by Crippen LogP contribution is 2.47. The van der Waals surface area contributed by atoms with E-state index in [9.17, 15) is 5.26 Å². The Kier molecular flexibility index (Phi) is 5.33. The van der Waals surface area contributed by atoms with Crippen LogP contribution in [0.1, 0.15) is 38.3 Å². The fraction of sp³-hybridized carbons (Fsp3) is 0.450. The van der Waals surface area contributed by atoms with Crippen molar-refractivity contribution in [2.24, 2.45) is 11.3 Å². The highest BCUT2D eigenvalue weighted by atomic mass is 35.5. The van der Waals surface area contributed by atoms with E-state index in [0.29, 0.717) is 35.8 Å². The molecule has 0 unspecified atom stereocenters. The lowest BCUT2D eigenvalue weighted by molar-refractivity contribution is 0.0654. The maximum atomic E-state index is 9.34. The van der Waals surface area contributed by atoms with Crippen molar-refractivity contribution in [1.82, 2.24) is 9.97 Å². The van der Waals surface area contributed by atoms with Crippen molar-refractivity contribution >= 4 is 23.4 Å². The zero-order chi connectivity index (χ0) is 18.7. The van der Waals surface area contributed by atoms with Crippen molar-refractivity contribution < 1.29 is 0 Å². The first kappa shape index (κ1) is 18.5. The number of anilines is 2. The highest BCUT2D eigenvalue weighted by molar-refractivity contribution is 6.30. The lowest BCUT2D eigenvalue weighted by atomic mass is 9.59. The topological polar surface area (TPSA) is 73.6 Å². The van der Waals surface area contributed by atoms with Crippen molar-refractivity contribution in [3.8, 4) is 6.07 Å². The summed E-state index contributed by atoms with van der Waals surface area (Å²) in [5, 5.41) is 16.8. The molecule has 2 N–H and O–H groups in total. The Morgan fingerprint density at radius 3 is 2.85 bits per heavy atom. The van der Waals surface area contributed by atoms with E-state index < -0.39 is 0 Å². The second-order valence-corrected chi connectivity index (χ2v) is 7.97. The van der Waals surface area contributed by atoms with Gasteiger partial charge < -0.3 is 10.6 Å². The summed E-state index contributed by atoms with van der Waals surface area (Å²) in [5.41, 5.74) is 1.82. The van der Waals surface area contributed by atoms with Gasteiger partial charge in [-0.25, -0.2) is 4.98 Å². The smallest absolute Gasteiger partial charge is 0.224 e. The Bertz CT molecular complexity index is 827. The van der Waals surface area contributed by atoms with Crippen LogP contribution in [0.15, 0.2) is 30.5 Å². The molecule has 0 bridgehead atoms. The lowest BCUT2D eigenvalue weighted by Gasteiger charge is -2.51. The molecule has 3 rings (SSSR count). The van der Waals surface area contributed by atoms with Crippen LogP contribution in [0.5, 0.6) is 0 Å². The van der Waals surface area contributed by atoms with Gasteiger partial charge in [-0.3, -0.25) is 0 Å². The quantitative estimate of drug-likeness (QED) is 0.784. The van der Waals surface area contributed by atoms with E-state index in [1.807, 2.05) is 24.3 Å². The molecule has 1 saturated carbocycles. The van der Waals surface area contributed by atoms with Gasteiger partial charge >= 0.3 is 0 Å². The minimum absolute atomic E-state index is 0.192. The molecule has 0 radical (unpaired) electrons. The molecular formula is C20H24ClN5. The standard InChI is InChI=1S/C20H24ClN5/c1-13-9-17(20(13,2)3)25-18-15(11-22)12-24-19(26-18)23-8-7-14-5-4-6-16(21)10-14/h4-6,10,12-13,17H,7-9H2,1-3H3,(H2,23,24,25,26)/t13-,17+/m0/s1. The SMILES string of the molecule is C[C@H]1C[C@@H](Nc2nc(NCCc3cccc(Cl)c3)ncc2C#N)C1(C)C. The molecule has 0 amide bonds. The molecule has 1 heterocycles. The largest absolute Gasteiger partial charge is 0.366 e. The third kappa shape index (κ3) is 3.91. The second kappa shape index (κ2) is 7.51. The average molecular weight is 370 g/mol. The number of hydrogen-bond acceptors (Lipinski definition) is 5. The van der Waals surface area contributed by atoms with Crippen molar-refractivity contribution in [3.63, 3.8) is 0 Å². The van der Waals surface area contributed by atoms with Crippen LogP contribution < -0.4 is 10.6 Å². The molecule has 1 aromatic heterocycles.